The predicted molar refractivity (Wildman–Crippen MR) is 159 cm³/mol. The highest BCUT2D eigenvalue weighted by atomic mass is 32.2. The van der Waals surface area contributed by atoms with E-state index in [1.165, 1.54) is 28.0 Å². The van der Waals surface area contributed by atoms with E-state index in [0.29, 0.717) is 11.4 Å². The van der Waals surface area contributed by atoms with Crippen LogP contribution in [0.1, 0.15) is 24.2 Å². The number of halogens is 1. The lowest BCUT2D eigenvalue weighted by atomic mass is 9.99. The first-order valence-corrected chi connectivity index (χ1v) is 15.1. The van der Waals surface area contributed by atoms with Crippen LogP contribution in [0.4, 0.5) is 20.6 Å². The number of nitrogens with zero attached hydrogens (tertiary/aromatic N) is 2. The normalized spacial score (nSPS) is 17.5. The Morgan fingerprint density at radius 1 is 1.14 bits per heavy atom. The number of methoxy groups -OCH3 is 1. The standard InChI is InChI=1S/C30H35FN4O7S/c1-19-16-35(20(2)18-36)29(37)26-15-23(33-43(39,40)25-12-5-21(31)6-13-25)9-14-27(26)42-28(19)17-34(3)30(38)32-22-7-10-24(41-4)11-8-22/h5-15,19-20,28,33,36H,16-18H2,1-4H3,(H,32,38)/t19-,20-,28-/m1/s1. The van der Waals surface area contributed by atoms with E-state index in [-0.39, 0.29) is 53.5 Å². The van der Waals surface area contributed by atoms with E-state index in [1.807, 2.05) is 6.92 Å². The average molecular weight is 615 g/mol. The number of amides is 3. The molecule has 3 aromatic carbocycles. The van der Waals surface area contributed by atoms with Crippen LogP contribution < -0.4 is 19.5 Å². The Hall–Kier alpha value is -4.36. The number of benzene rings is 3. The minimum absolute atomic E-state index is 0.0850. The Morgan fingerprint density at radius 3 is 2.42 bits per heavy atom. The van der Waals surface area contributed by atoms with Gasteiger partial charge in [-0.2, -0.15) is 0 Å². The molecule has 0 bridgehead atoms. The molecule has 230 valence electrons. The zero-order chi connectivity index (χ0) is 31.3. The number of aliphatic hydroxyl groups excluding tert-OH is 1. The Balaban J connectivity index is 1.59. The molecular formula is C30H35FN4O7S. The molecule has 0 aliphatic carbocycles. The number of rotatable bonds is 9. The third kappa shape index (κ3) is 7.54. The van der Waals surface area contributed by atoms with Gasteiger partial charge in [-0.25, -0.2) is 17.6 Å². The molecule has 0 radical (unpaired) electrons. The second-order valence-corrected chi connectivity index (χ2v) is 12.1. The SMILES string of the molecule is COc1ccc(NC(=O)N(C)C[C@H]2Oc3ccc(NS(=O)(=O)c4ccc(F)cc4)cc3C(=O)N([C@H](C)CO)C[C@H]2C)cc1. The van der Waals surface area contributed by atoms with Gasteiger partial charge in [-0.1, -0.05) is 6.92 Å². The largest absolute Gasteiger partial charge is 0.497 e. The van der Waals surface area contributed by atoms with Crippen LogP contribution in [0.3, 0.4) is 0 Å². The molecule has 43 heavy (non-hydrogen) atoms. The molecule has 13 heteroatoms. The molecule has 0 saturated carbocycles. The van der Waals surface area contributed by atoms with Crippen molar-refractivity contribution < 1.29 is 37.0 Å². The van der Waals surface area contributed by atoms with Crippen molar-refractivity contribution in [3.8, 4) is 11.5 Å². The Morgan fingerprint density at radius 2 is 1.79 bits per heavy atom. The average Bonchev–Trinajstić information content (AvgIpc) is 2.99. The van der Waals surface area contributed by atoms with Crippen LogP contribution in [-0.2, 0) is 10.0 Å². The maximum absolute atomic E-state index is 13.7. The van der Waals surface area contributed by atoms with Gasteiger partial charge in [-0.15, -0.1) is 0 Å². The van der Waals surface area contributed by atoms with Crippen LogP contribution in [0, 0.1) is 11.7 Å². The number of hydrogen-bond donors (Lipinski definition) is 3. The van der Waals surface area contributed by atoms with E-state index >= 15 is 0 Å². The zero-order valence-electron chi connectivity index (χ0n) is 24.3. The number of urea groups is 1. The fourth-order valence-electron chi connectivity index (χ4n) is 4.58. The highest BCUT2D eigenvalue weighted by molar-refractivity contribution is 7.92. The summed E-state index contributed by atoms with van der Waals surface area (Å²) in [4.78, 5) is 29.5. The highest BCUT2D eigenvalue weighted by Gasteiger charge is 2.34. The van der Waals surface area contributed by atoms with Crippen LogP contribution in [0.5, 0.6) is 11.5 Å². The number of ether oxygens (including phenoxy) is 2. The molecule has 3 atom stereocenters. The van der Waals surface area contributed by atoms with Crippen LogP contribution in [0.15, 0.2) is 71.6 Å². The van der Waals surface area contributed by atoms with Gasteiger partial charge in [-0.05, 0) is 73.7 Å². The Labute approximate surface area is 250 Å². The first kappa shape index (κ1) is 31.6. The number of anilines is 2. The first-order chi connectivity index (χ1) is 20.4. The summed E-state index contributed by atoms with van der Waals surface area (Å²) in [5.41, 5.74) is 0.762. The van der Waals surface area contributed by atoms with Gasteiger partial charge in [0, 0.05) is 30.9 Å². The summed E-state index contributed by atoms with van der Waals surface area (Å²) in [6.07, 6.45) is -0.561. The minimum atomic E-state index is -4.08. The number of sulfonamides is 1. The number of nitrogens with one attached hydrogen (secondary N) is 2. The molecule has 1 aliphatic heterocycles. The first-order valence-electron chi connectivity index (χ1n) is 13.6. The van der Waals surface area contributed by atoms with Gasteiger partial charge in [0.2, 0.25) is 0 Å². The van der Waals surface area contributed by atoms with Crippen LogP contribution in [0.2, 0.25) is 0 Å². The van der Waals surface area contributed by atoms with E-state index < -0.39 is 33.9 Å². The van der Waals surface area contributed by atoms with Crippen molar-refractivity contribution in [1.82, 2.24) is 9.80 Å². The molecule has 0 saturated heterocycles. The smallest absolute Gasteiger partial charge is 0.321 e. The third-order valence-electron chi connectivity index (χ3n) is 7.18. The van der Waals surface area contributed by atoms with Crippen LogP contribution in [0.25, 0.3) is 0 Å². The van der Waals surface area contributed by atoms with Crippen molar-refractivity contribution in [2.24, 2.45) is 5.92 Å². The van der Waals surface area contributed by atoms with E-state index in [1.54, 1.807) is 45.3 Å². The molecule has 0 aromatic heterocycles. The fourth-order valence-corrected chi connectivity index (χ4v) is 5.63. The molecule has 3 N–H and O–H groups in total. The minimum Gasteiger partial charge on any atom is -0.497 e. The summed E-state index contributed by atoms with van der Waals surface area (Å²) in [6.45, 7) is 3.68. The maximum atomic E-state index is 13.7. The van der Waals surface area contributed by atoms with Gasteiger partial charge in [0.15, 0.2) is 0 Å². The van der Waals surface area contributed by atoms with Crippen molar-refractivity contribution in [2.45, 2.75) is 30.9 Å². The van der Waals surface area contributed by atoms with E-state index in [2.05, 4.69) is 10.0 Å². The molecule has 4 rings (SSSR count). The summed E-state index contributed by atoms with van der Waals surface area (Å²) in [6, 6.07) is 14.6. The summed E-state index contributed by atoms with van der Waals surface area (Å²) < 4.78 is 53.0. The Kier molecular flexibility index (Phi) is 9.77. The topological polar surface area (TPSA) is 138 Å². The predicted octanol–water partition coefficient (Wildman–Crippen LogP) is 4.02. The lowest BCUT2D eigenvalue weighted by molar-refractivity contribution is 0.0371. The number of aliphatic hydroxyl groups is 1. The fraction of sp³-hybridized carbons (Fsp3) is 0.333. The molecule has 1 heterocycles. The summed E-state index contributed by atoms with van der Waals surface area (Å²) in [5, 5.41) is 12.7. The lowest BCUT2D eigenvalue weighted by Gasteiger charge is -2.38. The van der Waals surface area contributed by atoms with E-state index in [0.717, 1.165) is 24.3 Å². The van der Waals surface area contributed by atoms with Crippen molar-refractivity contribution >= 4 is 33.3 Å². The second kappa shape index (κ2) is 13.3. The summed E-state index contributed by atoms with van der Waals surface area (Å²) in [5.74, 6) is -0.419. The highest BCUT2D eigenvalue weighted by Crippen LogP contribution is 2.31. The number of hydrogen-bond acceptors (Lipinski definition) is 7. The Bertz CT molecular complexity index is 1550. The van der Waals surface area contributed by atoms with Gasteiger partial charge >= 0.3 is 6.03 Å². The van der Waals surface area contributed by atoms with Gasteiger partial charge in [0.05, 0.1) is 36.8 Å². The molecule has 11 nitrogen and oxygen atoms in total. The van der Waals surface area contributed by atoms with Gasteiger partial charge in [-0.3, -0.25) is 9.52 Å². The number of likely N-dealkylation sites (N-methyl/N-ethyl adjacent to an activating group) is 1. The van der Waals surface area contributed by atoms with Crippen molar-refractivity contribution in [3.05, 3.63) is 78.1 Å². The number of carbonyl (C=O) groups is 2. The van der Waals surface area contributed by atoms with Crippen molar-refractivity contribution in [2.75, 3.05) is 43.9 Å². The van der Waals surface area contributed by atoms with Crippen molar-refractivity contribution in [3.63, 3.8) is 0 Å². The van der Waals surface area contributed by atoms with Crippen molar-refractivity contribution in [1.29, 1.82) is 0 Å². The van der Waals surface area contributed by atoms with E-state index in [4.69, 9.17) is 9.47 Å². The number of carbonyl (C=O) groups excluding carboxylic acids is 2. The quantitative estimate of drug-likeness (QED) is 0.331. The monoisotopic (exact) mass is 614 g/mol. The zero-order valence-corrected chi connectivity index (χ0v) is 25.1. The molecular weight excluding hydrogens is 579 g/mol. The summed E-state index contributed by atoms with van der Waals surface area (Å²) in [7, 11) is -0.900. The maximum Gasteiger partial charge on any atom is 0.321 e. The molecule has 3 amide bonds. The lowest BCUT2D eigenvalue weighted by Crippen LogP contribution is -2.50. The van der Waals surface area contributed by atoms with Gasteiger partial charge in [0.1, 0.15) is 23.4 Å². The van der Waals surface area contributed by atoms with Gasteiger partial charge < -0.3 is 29.7 Å². The molecule has 1 aliphatic rings. The van der Waals surface area contributed by atoms with Crippen LogP contribution in [-0.4, -0.2) is 81.3 Å². The molecule has 0 unspecified atom stereocenters. The second-order valence-electron chi connectivity index (χ2n) is 10.4. The molecule has 3 aromatic rings. The molecule has 0 spiro atoms. The molecule has 0 fully saturated rings. The van der Waals surface area contributed by atoms with E-state index in [9.17, 15) is 27.5 Å². The third-order valence-corrected chi connectivity index (χ3v) is 8.58. The van der Waals surface area contributed by atoms with Gasteiger partial charge in [0.25, 0.3) is 15.9 Å². The summed E-state index contributed by atoms with van der Waals surface area (Å²) >= 11 is 0. The number of fused-ring (bicyclic) bond motifs is 1. The van der Waals surface area contributed by atoms with Crippen LogP contribution >= 0.6 is 0 Å².